The van der Waals surface area contributed by atoms with Gasteiger partial charge in [-0.05, 0) is 24.6 Å². The third-order valence-corrected chi connectivity index (χ3v) is 5.83. The first-order valence-corrected chi connectivity index (χ1v) is 11.0. The zero-order valence-corrected chi connectivity index (χ0v) is 19.2. The molecule has 11 nitrogen and oxygen atoms in total. The number of carbonyl (C=O) groups excluding carboxylic acids is 1. The van der Waals surface area contributed by atoms with Gasteiger partial charge in [0.1, 0.15) is 29.6 Å². The Morgan fingerprint density at radius 1 is 1.36 bits per heavy atom. The van der Waals surface area contributed by atoms with Crippen molar-refractivity contribution in [3.63, 3.8) is 0 Å². The SMILES string of the molecule is C#CCCC(=O)NC1CC(F)C(Oc2ccc3c(C)cc(=O)oc3c2)(C(=O)O)OC1[C@H](O)[C@H](O)CO. The number of carboxylic acids is 1. The lowest BCUT2D eigenvalue weighted by Gasteiger charge is -2.45. The van der Waals surface area contributed by atoms with E-state index in [0.29, 0.717) is 10.9 Å². The Morgan fingerprint density at radius 3 is 2.72 bits per heavy atom. The Bertz CT molecular complexity index is 1220. The molecule has 1 aliphatic heterocycles. The molecule has 194 valence electrons. The molecule has 1 saturated heterocycles. The fourth-order valence-electron chi connectivity index (χ4n) is 3.97. The van der Waals surface area contributed by atoms with Gasteiger partial charge in [0.2, 0.25) is 5.91 Å². The van der Waals surface area contributed by atoms with E-state index in [0.717, 1.165) is 0 Å². The number of alkyl halides is 1. The molecule has 3 rings (SSSR count). The van der Waals surface area contributed by atoms with E-state index in [1.165, 1.54) is 24.3 Å². The third-order valence-electron chi connectivity index (χ3n) is 5.83. The van der Waals surface area contributed by atoms with E-state index in [2.05, 4.69) is 11.2 Å². The minimum atomic E-state index is -3.02. The number of fused-ring (bicyclic) bond motifs is 1. The van der Waals surface area contributed by atoms with Crippen molar-refractivity contribution in [2.24, 2.45) is 0 Å². The predicted octanol–water partition coefficient (Wildman–Crippen LogP) is 0.000420. The van der Waals surface area contributed by atoms with Crippen molar-refractivity contribution < 1.29 is 48.3 Å². The van der Waals surface area contributed by atoms with Gasteiger partial charge in [0, 0.05) is 36.8 Å². The lowest BCUT2D eigenvalue weighted by Crippen LogP contribution is -2.68. The molecule has 12 heteroatoms. The molecule has 2 aromatic rings. The molecule has 0 spiro atoms. The molecular weight excluding hydrogens is 481 g/mol. The van der Waals surface area contributed by atoms with Crippen molar-refractivity contribution in [3.8, 4) is 18.1 Å². The van der Waals surface area contributed by atoms with Crippen LogP contribution in [0.25, 0.3) is 11.0 Å². The number of aryl methyl sites for hydroxylation is 1. The van der Waals surface area contributed by atoms with Gasteiger partial charge >= 0.3 is 17.4 Å². The Labute approximate surface area is 204 Å². The number of rotatable bonds is 9. The number of hydrogen-bond acceptors (Lipinski definition) is 9. The average Bonchev–Trinajstić information content (AvgIpc) is 2.82. The monoisotopic (exact) mass is 507 g/mol. The summed E-state index contributed by atoms with van der Waals surface area (Å²) in [6, 6.07) is 3.95. The number of nitrogens with one attached hydrogen (secondary N) is 1. The molecular formula is C24H26FNO10. The van der Waals surface area contributed by atoms with Gasteiger partial charge in [-0.25, -0.2) is 14.0 Å². The highest BCUT2D eigenvalue weighted by Gasteiger charge is 2.60. The topological polar surface area (TPSA) is 176 Å². The van der Waals surface area contributed by atoms with E-state index in [4.69, 9.17) is 20.3 Å². The van der Waals surface area contributed by atoms with Crippen molar-refractivity contribution in [1.82, 2.24) is 5.32 Å². The first-order chi connectivity index (χ1) is 17.0. The number of terminal acetylenes is 1. The minimum absolute atomic E-state index is 0.0511. The van der Waals surface area contributed by atoms with Crippen LogP contribution < -0.4 is 15.7 Å². The minimum Gasteiger partial charge on any atom is -0.476 e. The lowest BCUT2D eigenvalue weighted by atomic mass is 9.89. The molecule has 1 amide bonds. The molecule has 1 aromatic carbocycles. The zero-order valence-electron chi connectivity index (χ0n) is 19.2. The van der Waals surface area contributed by atoms with Gasteiger partial charge in [0.25, 0.3) is 0 Å². The molecule has 1 fully saturated rings. The summed E-state index contributed by atoms with van der Waals surface area (Å²) >= 11 is 0. The van der Waals surface area contributed by atoms with Crippen LogP contribution >= 0.6 is 0 Å². The molecule has 0 aliphatic carbocycles. The Hall–Kier alpha value is -3.50. The number of halogens is 1. The van der Waals surface area contributed by atoms with Gasteiger partial charge in [0.05, 0.1) is 12.6 Å². The van der Waals surface area contributed by atoms with E-state index in [9.17, 15) is 34.8 Å². The van der Waals surface area contributed by atoms with Crippen LogP contribution in [-0.2, 0) is 14.3 Å². The maximum Gasteiger partial charge on any atom is 0.380 e. The van der Waals surface area contributed by atoms with E-state index >= 15 is 4.39 Å². The molecule has 1 aliphatic rings. The third kappa shape index (κ3) is 5.50. The van der Waals surface area contributed by atoms with E-state index in [1.54, 1.807) is 6.92 Å². The normalized spacial score (nSPS) is 25.5. The quantitative estimate of drug-likeness (QED) is 0.229. The fraction of sp³-hybridized carbons (Fsp3) is 0.458. The highest BCUT2D eigenvalue weighted by atomic mass is 19.1. The molecule has 4 unspecified atom stereocenters. The highest BCUT2D eigenvalue weighted by Crippen LogP contribution is 2.37. The van der Waals surface area contributed by atoms with Crippen LogP contribution in [0.5, 0.6) is 5.75 Å². The number of aliphatic carboxylic acids is 1. The van der Waals surface area contributed by atoms with Crippen molar-refractivity contribution in [1.29, 1.82) is 0 Å². The van der Waals surface area contributed by atoms with Crippen molar-refractivity contribution in [2.75, 3.05) is 6.61 Å². The van der Waals surface area contributed by atoms with Crippen molar-refractivity contribution in [2.45, 2.75) is 62.5 Å². The van der Waals surface area contributed by atoms with Crippen LogP contribution in [0.3, 0.4) is 0 Å². The summed E-state index contributed by atoms with van der Waals surface area (Å²) in [5.74, 6) is -3.49. The summed E-state index contributed by atoms with van der Waals surface area (Å²) < 4.78 is 31.5. The molecule has 0 bridgehead atoms. The Morgan fingerprint density at radius 2 is 2.08 bits per heavy atom. The Balaban J connectivity index is 1.98. The molecule has 2 heterocycles. The molecule has 0 saturated carbocycles. The second-order valence-electron chi connectivity index (χ2n) is 8.39. The summed E-state index contributed by atoms with van der Waals surface area (Å²) in [6.07, 6.45) is -3.41. The van der Waals surface area contributed by atoms with Crippen LogP contribution in [0.2, 0.25) is 0 Å². The first-order valence-electron chi connectivity index (χ1n) is 11.0. The first kappa shape index (κ1) is 27.1. The van der Waals surface area contributed by atoms with Gasteiger partial charge in [-0.3, -0.25) is 4.79 Å². The predicted molar refractivity (Wildman–Crippen MR) is 122 cm³/mol. The Kier molecular flexibility index (Phi) is 8.31. The highest BCUT2D eigenvalue weighted by molar-refractivity contribution is 5.82. The van der Waals surface area contributed by atoms with Crippen LogP contribution in [0, 0.1) is 19.3 Å². The number of amides is 1. The van der Waals surface area contributed by atoms with E-state index in [1.807, 2.05) is 0 Å². The molecule has 6 atom stereocenters. The van der Waals surface area contributed by atoms with Gasteiger partial charge < -0.3 is 39.6 Å². The van der Waals surface area contributed by atoms with Gasteiger partial charge in [-0.15, -0.1) is 12.3 Å². The fourth-order valence-corrected chi connectivity index (χ4v) is 3.97. The van der Waals surface area contributed by atoms with Crippen LogP contribution in [0.15, 0.2) is 33.5 Å². The zero-order chi connectivity index (χ0) is 26.6. The molecule has 5 N–H and O–H groups in total. The van der Waals surface area contributed by atoms with Crippen LogP contribution in [0.4, 0.5) is 4.39 Å². The average molecular weight is 507 g/mol. The number of aliphatic hydroxyl groups is 3. The summed E-state index contributed by atoms with van der Waals surface area (Å²) in [6.45, 7) is 0.735. The smallest absolute Gasteiger partial charge is 0.380 e. The van der Waals surface area contributed by atoms with Crippen LogP contribution in [-0.4, -0.2) is 75.2 Å². The maximum absolute atomic E-state index is 15.5. The van der Waals surface area contributed by atoms with E-state index < -0.39 is 66.8 Å². The second-order valence-corrected chi connectivity index (χ2v) is 8.39. The number of carboxylic acid groups (broad SMARTS) is 1. The number of benzene rings is 1. The van der Waals surface area contributed by atoms with Crippen molar-refractivity contribution >= 4 is 22.8 Å². The summed E-state index contributed by atoms with van der Waals surface area (Å²) in [7, 11) is 0. The van der Waals surface area contributed by atoms with E-state index in [-0.39, 0.29) is 24.2 Å². The standard InChI is InChI=1S/C24H26FNO10/c1-3-4-5-19(29)26-15-10-18(25)24(23(32)33,36-22(15)21(31)16(28)11-27)35-13-6-7-14-12(2)8-20(30)34-17(14)9-13/h1,6-9,15-16,18,21-22,27-28,31H,4-5,10-11H2,2H3,(H,26,29)(H,32,33)/t15?,16-,18?,21-,22?,24?/m1/s1. The largest absolute Gasteiger partial charge is 0.476 e. The second kappa shape index (κ2) is 11.0. The molecule has 36 heavy (non-hydrogen) atoms. The van der Waals surface area contributed by atoms with Crippen molar-refractivity contribution in [3.05, 3.63) is 40.2 Å². The molecule has 1 aromatic heterocycles. The number of ether oxygens (including phenoxy) is 2. The van der Waals surface area contributed by atoms with Gasteiger partial charge in [-0.1, -0.05) is 0 Å². The summed E-state index contributed by atoms with van der Waals surface area (Å²) in [5, 5.41) is 42.6. The van der Waals surface area contributed by atoms with Crippen LogP contribution in [0.1, 0.15) is 24.8 Å². The molecule has 0 radical (unpaired) electrons. The summed E-state index contributed by atoms with van der Waals surface area (Å²) in [4.78, 5) is 36.2. The number of aliphatic hydroxyl groups excluding tert-OH is 3. The van der Waals surface area contributed by atoms with Gasteiger partial charge in [-0.2, -0.15) is 0 Å². The van der Waals surface area contributed by atoms with Gasteiger partial charge in [0.15, 0.2) is 6.17 Å². The maximum atomic E-state index is 15.5. The summed E-state index contributed by atoms with van der Waals surface area (Å²) in [5.41, 5.74) is -0.0233. The number of carbonyl (C=O) groups is 2. The number of hydrogen-bond donors (Lipinski definition) is 5. The lowest BCUT2D eigenvalue weighted by molar-refractivity contribution is -0.290.